The summed E-state index contributed by atoms with van der Waals surface area (Å²) in [5.74, 6) is -0.906. The molecule has 0 bridgehead atoms. The number of benzene rings is 3. The molecule has 0 radical (unpaired) electrons. The van der Waals surface area contributed by atoms with Gasteiger partial charge in [0.05, 0.1) is 5.56 Å². The topological polar surface area (TPSA) is 37.3 Å². The highest BCUT2D eigenvalue weighted by Gasteiger charge is 2.21. The zero-order valence-electron chi connectivity index (χ0n) is 16.7. The van der Waals surface area contributed by atoms with Crippen molar-refractivity contribution in [1.29, 1.82) is 0 Å². The summed E-state index contributed by atoms with van der Waals surface area (Å²) in [7, 11) is 0. The predicted octanol–water partition coefficient (Wildman–Crippen LogP) is 7.08. The smallest absolute Gasteiger partial charge is 0.335 e. The molecule has 0 spiro atoms. The van der Waals surface area contributed by atoms with Crippen molar-refractivity contribution in [1.82, 2.24) is 0 Å². The van der Waals surface area contributed by atoms with E-state index < -0.39 is 5.97 Å². The molecule has 0 amide bonds. The molecule has 0 fully saturated rings. The maximum Gasteiger partial charge on any atom is 0.335 e. The summed E-state index contributed by atoms with van der Waals surface area (Å²) in [6, 6.07) is 19.8. The third kappa shape index (κ3) is 4.07. The number of allylic oxidation sites excluding steroid dienone is 4. The number of rotatable bonds is 4. The van der Waals surface area contributed by atoms with Gasteiger partial charge in [-0.15, -0.1) is 0 Å². The van der Waals surface area contributed by atoms with Crippen LogP contribution in [0.2, 0.25) is 0 Å². The first kappa shape index (κ1) is 18.9. The molecule has 0 aromatic heterocycles. The lowest BCUT2D eigenvalue weighted by Gasteiger charge is -2.26. The molecule has 3 aromatic rings. The van der Waals surface area contributed by atoms with Crippen LogP contribution in [0.5, 0.6) is 0 Å². The molecule has 0 aliphatic heterocycles. The van der Waals surface area contributed by atoms with E-state index in [1.165, 1.54) is 21.9 Å². The second-order valence-electron chi connectivity index (χ2n) is 8.23. The van der Waals surface area contributed by atoms with E-state index in [0.29, 0.717) is 5.56 Å². The van der Waals surface area contributed by atoms with Crippen molar-refractivity contribution in [3.8, 4) is 0 Å². The van der Waals surface area contributed by atoms with Gasteiger partial charge in [0.15, 0.2) is 0 Å². The molecular weight excluding hydrogens is 356 g/mol. The lowest BCUT2D eigenvalue weighted by atomic mass is 9.79. The minimum absolute atomic E-state index is 0.156. The Kier molecular flexibility index (Phi) is 4.94. The third-order valence-corrected chi connectivity index (χ3v) is 5.39. The first-order chi connectivity index (χ1) is 13.9. The van der Waals surface area contributed by atoms with Crippen LogP contribution < -0.4 is 0 Å². The molecule has 1 aliphatic rings. The number of aromatic carboxylic acids is 1. The van der Waals surface area contributed by atoms with Crippen LogP contribution >= 0.6 is 0 Å². The standard InChI is InChI=1S/C27H24O2/c1-27(2)17-5-9-23(18-27)24-10-4-8-20-6-3-7-21(25(20)24)14-11-19-12-15-22(16-13-19)26(28)29/h3-17H,18H2,1-2H3,(H,28,29). The number of hydrogen-bond donors (Lipinski definition) is 1. The van der Waals surface area contributed by atoms with Crippen LogP contribution in [0.25, 0.3) is 28.5 Å². The number of carboxylic acids is 1. The van der Waals surface area contributed by atoms with E-state index in [1.807, 2.05) is 18.2 Å². The van der Waals surface area contributed by atoms with Crippen LogP contribution in [-0.2, 0) is 0 Å². The fourth-order valence-electron chi connectivity index (χ4n) is 3.92. The third-order valence-electron chi connectivity index (χ3n) is 5.39. The molecule has 1 aliphatic carbocycles. The fraction of sp³-hybridized carbons (Fsp3) is 0.148. The lowest BCUT2D eigenvalue weighted by molar-refractivity contribution is 0.0697. The Hall–Kier alpha value is -3.39. The number of carboxylic acid groups (broad SMARTS) is 1. The van der Waals surface area contributed by atoms with Crippen LogP contribution in [0, 0.1) is 5.41 Å². The Morgan fingerprint density at radius 2 is 1.69 bits per heavy atom. The van der Waals surface area contributed by atoms with Gasteiger partial charge in [-0.1, -0.05) is 92.8 Å². The molecule has 2 heteroatoms. The summed E-state index contributed by atoms with van der Waals surface area (Å²) in [6.45, 7) is 4.53. The van der Waals surface area contributed by atoms with Crippen LogP contribution in [-0.4, -0.2) is 11.1 Å². The molecule has 0 heterocycles. The maximum atomic E-state index is 11.0. The van der Waals surface area contributed by atoms with Crippen LogP contribution in [0.15, 0.2) is 78.9 Å². The van der Waals surface area contributed by atoms with Crippen molar-refractivity contribution in [2.24, 2.45) is 5.41 Å². The Morgan fingerprint density at radius 3 is 2.38 bits per heavy atom. The largest absolute Gasteiger partial charge is 0.478 e. The Labute approximate surface area is 171 Å². The van der Waals surface area contributed by atoms with Gasteiger partial charge in [-0.2, -0.15) is 0 Å². The van der Waals surface area contributed by atoms with Crippen LogP contribution in [0.1, 0.15) is 47.3 Å². The molecule has 29 heavy (non-hydrogen) atoms. The second kappa shape index (κ2) is 7.56. The average molecular weight is 380 g/mol. The zero-order chi connectivity index (χ0) is 20.4. The molecule has 4 rings (SSSR count). The van der Waals surface area contributed by atoms with Gasteiger partial charge in [-0.05, 0) is 57.0 Å². The van der Waals surface area contributed by atoms with Gasteiger partial charge in [0.2, 0.25) is 0 Å². The number of fused-ring (bicyclic) bond motifs is 1. The van der Waals surface area contributed by atoms with E-state index in [1.54, 1.807) is 12.1 Å². The van der Waals surface area contributed by atoms with Crippen molar-refractivity contribution in [2.45, 2.75) is 20.3 Å². The van der Waals surface area contributed by atoms with Gasteiger partial charge >= 0.3 is 5.97 Å². The van der Waals surface area contributed by atoms with E-state index in [9.17, 15) is 4.79 Å². The molecule has 3 aromatic carbocycles. The molecule has 0 saturated carbocycles. The highest BCUT2D eigenvalue weighted by Crippen LogP contribution is 2.39. The van der Waals surface area contributed by atoms with E-state index in [2.05, 4.69) is 74.5 Å². The van der Waals surface area contributed by atoms with Gasteiger partial charge in [0.1, 0.15) is 0 Å². The highest BCUT2D eigenvalue weighted by atomic mass is 16.4. The summed E-state index contributed by atoms with van der Waals surface area (Å²) in [4.78, 5) is 11.0. The quantitative estimate of drug-likeness (QED) is 0.491. The van der Waals surface area contributed by atoms with Gasteiger partial charge in [-0.3, -0.25) is 0 Å². The van der Waals surface area contributed by atoms with Crippen molar-refractivity contribution >= 4 is 34.5 Å². The average Bonchev–Trinajstić information content (AvgIpc) is 2.71. The number of hydrogen-bond acceptors (Lipinski definition) is 1. The molecule has 0 unspecified atom stereocenters. The van der Waals surface area contributed by atoms with E-state index >= 15 is 0 Å². The van der Waals surface area contributed by atoms with E-state index in [-0.39, 0.29) is 5.41 Å². The highest BCUT2D eigenvalue weighted by molar-refractivity contribution is 6.01. The Balaban J connectivity index is 1.76. The fourth-order valence-corrected chi connectivity index (χ4v) is 3.92. The first-order valence-corrected chi connectivity index (χ1v) is 9.85. The monoisotopic (exact) mass is 380 g/mol. The Morgan fingerprint density at radius 1 is 0.966 bits per heavy atom. The van der Waals surface area contributed by atoms with E-state index in [0.717, 1.165) is 17.5 Å². The van der Waals surface area contributed by atoms with Crippen molar-refractivity contribution in [2.75, 3.05) is 0 Å². The molecule has 2 nitrogen and oxygen atoms in total. The minimum atomic E-state index is -0.906. The van der Waals surface area contributed by atoms with Crippen LogP contribution in [0.3, 0.4) is 0 Å². The maximum absolute atomic E-state index is 11.0. The summed E-state index contributed by atoms with van der Waals surface area (Å²) < 4.78 is 0. The zero-order valence-corrected chi connectivity index (χ0v) is 16.7. The first-order valence-electron chi connectivity index (χ1n) is 9.85. The van der Waals surface area contributed by atoms with Crippen LogP contribution in [0.4, 0.5) is 0 Å². The van der Waals surface area contributed by atoms with Crippen molar-refractivity contribution in [3.63, 3.8) is 0 Å². The molecular formula is C27H24O2. The molecule has 0 saturated heterocycles. The summed E-state index contributed by atoms with van der Waals surface area (Å²) in [6.07, 6.45) is 11.8. The van der Waals surface area contributed by atoms with Gasteiger partial charge < -0.3 is 5.11 Å². The SMILES string of the molecule is CC1(C)C=CC=C(c2cccc3cccc(C=Cc4ccc(C(=O)O)cc4)c23)C1. The number of carbonyl (C=O) groups is 1. The Bertz CT molecular complexity index is 1150. The second-order valence-corrected chi connectivity index (χ2v) is 8.23. The molecule has 1 N–H and O–H groups in total. The van der Waals surface area contributed by atoms with Crippen molar-refractivity contribution < 1.29 is 9.90 Å². The summed E-state index contributed by atoms with van der Waals surface area (Å²) >= 11 is 0. The van der Waals surface area contributed by atoms with Gasteiger partial charge in [0.25, 0.3) is 0 Å². The lowest BCUT2D eigenvalue weighted by Crippen LogP contribution is -2.11. The van der Waals surface area contributed by atoms with E-state index in [4.69, 9.17) is 5.11 Å². The minimum Gasteiger partial charge on any atom is -0.478 e. The molecule has 0 atom stereocenters. The summed E-state index contributed by atoms with van der Waals surface area (Å²) in [5.41, 5.74) is 5.23. The van der Waals surface area contributed by atoms with Gasteiger partial charge in [-0.25, -0.2) is 4.79 Å². The normalized spacial score (nSPS) is 15.6. The summed E-state index contributed by atoms with van der Waals surface area (Å²) in [5, 5.41) is 11.5. The van der Waals surface area contributed by atoms with Crippen molar-refractivity contribution in [3.05, 3.63) is 101 Å². The molecule has 144 valence electrons. The predicted molar refractivity (Wildman–Crippen MR) is 122 cm³/mol. The van der Waals surface area contributed by atoms with Gasteiger partial charge in [0, 0.05) is 0 Å².